The van der Waals surface area contributed by atoms with Crippen LogP contribution in [0, 0.1) is 0 Å². The molecule has 1 aliphatic carbocycles. The summed E-state index contributed by atoms with van der Waals surface area (Å²) in [5.74, 6) is -0.979. The molecule has 4 aromatic rings. The molecule has 0 radical (unpaired) electrons. The fourth-order valence-electron chi connectivity index (χ4n) is 6.17. The van der Waals surface area contributed by atoms with Crippen LogP contribution in [0.1, 0.15) is 41.6 Å². The highest BCUT2D eigenvalue weighted by Gasteiger charge is 2.49. The van der Waals surface area contributed by atoms with Crippen molar-refractivity contribution in [1.29, 1.82) is 0 Å². The molecule has 1 aromatic heterocycles. The van der Waals surface area contributed by atoms with E-state index >= 15 is 0 Å². The number of imidazole rings is 1. The standard InChI is InChI=1S/C29H26ClN3O4/c30-20-4-11-25-26(15-20)32(22-7-5-21(6-8-22)31-16-23-9-10-24(17-31)37-23)28(36)33(25)29(12-13-29)19-3-1-2-18(14-19)27(34)35/h1-8,11,14-15,23-24H,9-10,12-13,16-17H2,(H,34,35). The highest BCUT2D eigenvalue weighted by Crippen LogP contribution is 2.50. The van der Waals surface area contributed by atoms with Gasteiger partial charge in [0.2, 0.25) is 0 Å². The highest BCUT2D eigenvalue weighted by atomic mass is 35.5. The van der Waals surface area contributed by atoms with Gasteiger partial charge in [-0.2, -0.15) is 0 Å². The van der Waals surface area contributed by atoms with Crippen LogP contribution in [-0.2, 0) is 10.3 Å². The Balaban J connectivity index is 1.33. The van der Waals surface area contributed by atoms with Gasteiger partial charge in [-0.25, -0.2) is 9.59 Å². The molecule has 0 spiro atoms. The van der Waals surface area contributed by atoms with Crippen LogP contribution in [0.3, 0.4) is 0 Å². The molecule has 3 aromatic carbocycles. The fourth-order valence-corrected chi connectivity index (χ4v) is 6.34. The Hall–Kier alpha value is -3.55. The summed E-state index contributed by atoms with van der Waals surface area (Å²) in [6, 6.07) is 20.6. The minimum atomic E-state index is -0.979. The summed E-state index contributed by atoms with van der Waals surface area (Å²) in [7, 11) is 0. The smallest absolute Gasteiger partial charge is 0.335 e. The van der Waals surface area contributed by atoms with Crippen molar-refractivity contribution in [3.05, 3.63) is 93.4 Å². The lowest BCUT2D eigenvalue weighted by molar-refractivity contribution is 0.0305. The number of aromatic carboxylic acids is 1. The van der Waals surface area contributed by atoms with E-state index in [0.29, 0.717) is 17.2 Å². The van der Waals surface area contributed by atoms with E-state index in [4.69, 9.17) is 16.3 Å². The van der Waals surface area contributed by atoms with E-state index in [2.05, 4.69) is 17.0 Å². The van der Waals surface area contributed by atoms with Crippen LogP contribution in [0.2, 0.25) is 5.02 Å². The largest absolute Gasteiger partial charge is 0.478 e. The first-order chi connectivity index (χ1) is 17.9. The van der Waals surface area contributed by atoms with Crippen molar-refractivity contribution >= 4 is 34.3 Å². The Kier molecular flexibility index (Phi) is 5.03. The summed E-state index contributed by atoms with van der Waals surface area (Å²) >= 11 is 6.39. The Morgan fingerprint density at radius 1 is 0.919 bits per heavy atom. The van der Waals surface area contributed by atoms with Crippen molar-refractivity contribution in [2.24, 2.45) is 0 Å². The van der Waals surface area contributed by atoms with E-state index in [-0.39, 0.29) is 11.3 Å². The topological polar surface area (TPSA) is 76.7 Å². The maximum absolute atomic E-state index is 14.1. The number of morpholine rings is 1. The van der Waals surface area contributed by atoms with E-state index in [1.807, 2.05) is 34.9 Å². The van der Waals surface area contributed by atoms with Gasteiger partial charge in [-0.05, 0) is 85.8 Å². The van der Waals surface area contributed by atoms with Crippen LogP contribution in [0.5, 0.6) is 0 Å². The van der Waals surface area contributed by atoms with E-state index < -0.39 is 11.5 Å². The molecule has 7 nitrogen and oxygen atoms in total. The number of fused-ring (bicyclic) bond motifs is 3. The normalized spacial score (nSPS) is 21.9. The van der Waals surface area contributed by atoms with Gasteiger partial charge in [0.15, 0.2) is 0 Å². The number of nitrogens with zero attached hydrogens (tertiary/aromatic N) is 3. The molecular weight excluding hydrogens is 490 g/mol. The van der Waals surface area contributed by atoms with Crippen LogP contribution < -0.4 is 10.6 Å². The van der Waals surface area contributed by atoms with Crippen LogP contribution in [0.4, 0.5) is 5.69 Å². The molecule has 2 atom stereocenters. The summed E-state index contributed by atoms with van der Waals surface area (Å²) in [4.78, 5) is 28.1. The van der Waals surface area contributed by atoms with Crippen molar-refractivity contribution in [2.45, 2.75) is 43.4 Å². The monoisotopic (exact) mass is 515 g/mol. The molecule has 2 aliphatic heterocycles. The number of carboxylic acid groups (broad SMARTS) is 1. The van der Waals surface area contributed by atoms with Crippen LogP contribution in [0.15, 0.2) is 71.5 Å². The lowest BCUT2D eigenvalue weighted by atomic mass is 10.0. The number of aromatic nitrogens is 2. The number of hydrogen-bond acceptors (Lipinski definition) is 4. The third kappa shape index (κ3) is 3.60. The van der Waals surface area contributed by atoms with E-state index in [0.717, 1.165) is 66.7 Å². The molecule has 7 rings (SSSR count). The minimum absolute atomic E-state index is 0.160. The number of ether oxygens (including phenoxy) is 1. The van der Waals surface area contributed by atoms with Crippen molar-refractivity contribution in [1.82, 2.24) is 9.13 Å². The van der Waals surface area contributed by atoms with Gasteiger partial charge in [-0.3, -0.25) is 9.13 Å². The maximum atomic E-state index is 14.1. The fraction of sp³-hybridized carbons (Fsp3) is 0.310. The van der Waals surface area contributed by atoms with Gasteiger partial charge < -0.3 is 14.7 Å². The second-order valence-corrected chi connectivity index (χ2v) is 10.8. The predicted octanol–water partition coefficient (Wildman–Crippen LogP) is 5.05. The minimum Gasteiger partial charge on any atom is -0.478 e. The zero-order chi connectivity index (χ0) is 25.3. The number of hydrogen-bond donors (Lipinski definition) is 1. The van der Waals surface area contributed by atoms with Crippen molar-refractivity contribution in [3.63, 3.8) is 0 Å². The lowest BCUT2D eigenvalue weighted by Crippen LogP contribution is -2.42. The molecule has 8 heteroatoms. The molecule has 3 fully saturated rings. The number of carboxylic acids is 1. The second kappa shape index (κ2) is 8.23. The molecule has 188 valence electrons. The Morgan fingerprint density at radius 2 is 1.62 bits per heavy atom. The number of rotatable bonds is 5. The van der Waals surface area contributed by atoms with E-state index in [9.17, 15) is 14.7 Å². The van der Waals surface area contributed by atoms with Gasteiger partial charge in [0, 0.05) is 23.8 Å². The molecule has 0 amide bonds. The number of anilines is 1. The maximum Gasteiger partial charge on any atom is 0.335 e. The first kappa shape index (κ1) is 22.6. The Morgan fingerprint density at radius 3 is 2.30 bits per heavy atom. The van der Waals surface area contributed by atoms with E-state index in [1.165, 1.54) is 0 Å². The molecule has 3 heterocycles. The summed E-state index contributed by atoms with van der Waals surface area (Å²) in [5, 5.41) is 10.1. The third-order valence-corrected chi connectivity index (χ3v) is 8.35. The van der Waals surface area contributed by atoms with Crippen molar-refractivity contribution in [3.8, 4) is 5.69 Å². The van der Waals surface area contributed by atoms with Crippen molar-refractivity contribution < 1.29 is 14.6 Å². The van der Waals surface area contributed by atoms with Gasteiger partial charge in [0.25, 0.3) is 0 Å². The Bertz CT molecular complexity index is 1590. The average Bonchev–Trinajstić information content (AvgIpc) is 3.56. The Labute approximate surface area is 218 Å². The van der Waals surface area contributed by atoms with Crippen LogP contribution in [-0.4, -0.2) is 45.5 Å². The zero-order valence-electron chi connectivity index (χ0n) is 20.1. The first-order valence-electron chi connectivity index (χ1n) is 12.7. The van der Waals surface area contributed by atoms with Gasteiger partial charge in [0.05, 0.1) is 40.0 Å². The molecular formula is C29H26ClN3O4. The molecule has 2 saturated heterocycles. The molecule has 3 aliphatic rings. The van der Waals surface area contributed by atoms with Crippen molar-refractivity contribution in [2.75, 3.05) is 18.0 Å². The lowest BCUT2D eigenvalue weighted by Gasteiger charge is -2.33. The van der Waals surface area contributed by atoms with Crippen LogP contribution in [0.25, 0.3) is 16.7 Å². The quantitative estimate of drug-likeness (QED) is 0.402. The first-order valence-corrected chi connectivity index (χ1v) is 13.1. The van der Waals surface area contributed by atoms with Gasteiger partial charge in [-0.15, -0.1) is 0 Å². The van der Waals surface area contributed by atoms with Crippen LogP contribution >= 0.6 is 11.6 Å². The van der Waals surface area contributed by atoms with Gasteiger partial charge in [-0.1, -0.05) is 23.7 Å². The number of carbonyl (C=O) groups is 1. The molecule has 2 bridgehead atoms. The summed E-state index contributed by atoms with van der Waals surface area (Å²) in [6.07, 6.45) is 4.36. The summed E-state index contributed by atoms with van der Waals surface area (Å²) < 4.78 is 9.52. The molecule has 1 saturated carbocycles. The number of benzene rings is 3. The number of halogens is 1. The highest BCUT2D eigenvalue weighted by molar-refractivity contribution is 6.31. The predicted molar refractivity (Wildman–Crippen MR) is 142 cm³/mol. The molecule has 1 N–H and O–H groups in total. The SMILES string of the molecule is O=C(O)c1cccc(C2(n3c(=O)n(-c4ccc(N5CC6CCC(C5)O6)cc4)c4cc(Cl)ccc43)CC2)c1. The second-order valence-electron chi connectivity index (χ2n) is 10.4. The summed E-state index contributed by atoms with van der Waals surface area (Å²) in [5.41, 5.74) is 3.72. The summed E-state index contributed by atoms with van der Waals surface area (Å²) in [6.45, 7) is 1.78. The molecule has 37 heavy (non-hydrogen) atoms. The molecule has 2 unspecified atom stereocenters. The van der Waals surface area contributed by atoms with E-state index in [1.54, 1.807) is 28.8 Å². The van der Waals surface area contributed by atoms with Gasteiger partial charge >= 0.3 is 11.7 Å². The zero-order valence-corrected chi connectivity index (χ0v) is 20.9. The third-order valence-electron chi connectivity index (χ3n) is 8.12. The van der Waals surface area contributed by atoms with Gasteiger partial charge in [0.1, 0.15) is 0 Å². The average molecular weight is 516 g/mol.